The van der Waals surface area contributed by atoms with Crippen molar-refractivity contribution in [2.24, 2.45) is 5.41 Å². The molecule has 0 spiro atoms. The summed E-state index contributed by atoms with van der Waals surface area (Å²) in [4.78, 5) is 17.3. The first-order valence-corrected chi connectivity index (χ1v) is 7.77. The zero-order valence-corrected chi connectivity index (χ0v) is 14.7. The molecule has 0 atom stereocenters. The van der Waals surface area contributed by atoms with Crippen LogP contribution in [0.1, 0.15) is 62.8 Å². The van der Waals surface area contributed by atoms with Crippen LogP contribution < -0.4 is 5.32 Å². The second kappa shape index (κ2) is 5.41. The van der Waals surface area contributed by atoms with Gasteiger partial charge in [-0.2, -0.15) is 0 Å². The van der Waals surface area contributed by atoms with E-state index in [-0.39, 0.29) is 16.9 Å². The van der Waals surface area contributed by atoms with Gasteiger partial charge in [0, 0.05) is 11.7 Å². The van der Waals surface area contributed by atoms with E-state index in [0.717, 1.165) is 23.3 Å². The van der Waals surface area contributed by atoms with Gasteiger partial charge < -0.3 is 5.32 Å². The third-order valence-corrected chi connectivity index (χ3v) is 3.66. The van der Waals surface area contributed by atoms with E-state index in [1.54, 1.807) is 0 Å². The van der Waals surface area contributed by atoms with Crippen molar-refractivity contribution in [2.45, 2.75) is 60.4 Å². The summed E-state index contributed by atoms with van der Waals surface area (Å²) < 4.78 is 1.88. The maximum Gasteiger partial charge on any atom is 0.270 e. The largest absolute Gasteiger partial charge is 0.346 e. The monoisotopic (exact) mass is 301 g/mol. The Kier molecular flexibility index (Phi) is 4.07. The van der Waals surface area contributed by atoms with Crippen LogP contribution >= 0.6 is 0 Å². The number of aromatic nitrogens is 2. The number of fused-ring (bicyclic) bond motifs is 1. The molecule has 1 N–H and O–H groups in total. The Labute approximate surface area is 132 Å². The number of hydrogen-bond acceptors (Lipinski definition) is 2. The zero-order chi connectivity index (χ0) is 16.7. The molecule has 2 aromatic rings. The van der Waals surface area contributed by atoms with Crippen molar-refractivity contribution < 1.29 is 4.79 Å². The topological polar surface area (TPSA) is 46.4 Å². The lowest BCUT2D eigenvalue weighted by Gasteiger charge is -2.33. The average molecular weight is 301 g/mol. The predicted octanol–water partition coefficient (Wildman–Crippen LogP) is 3.90. The smallest absolute Gasteiger partial charge is 0.270 e. The number of pyridine rings is 1. The molecule has 4 heteroatoms. The number of rotatable bonds is 3. The van der Waals surface area contributed by atoms with Crippen LogP contribution in [0.5, 0.6) is 0 Å². The minimum atomic E-state index is -0.268. The summed E-state index contributed by atoms with van der Waals surface area (Å²) in [5.41, 5.74) is 3.19. The van der Waals surface area contributed by atoms with E-state index in [4.69, 9.17) is 0 Å². The molecule has 1 amide bonds. The van der Waals surface area contributed by atoms with E-state index in [9.17, 15) is 4.79 Å². The van der Waals surface area contributed by atoms with Crippen molar-refractivity contribution in [3.8, 4) is 0 Å². The third kappa shape index (κ3) is 3.49. The fraction of sp³-hybridized carbons (Fsp3) is 0.556. The van der Waals surface area contributed by atoms with Gasteiger partial charge in [-0.15, -0.1) is 0 Å². The first kappa shape index (κ1) is 16.5. The van der Waals surface area contributed by atoms with Crippen molar-refractivity contribution in [3.63, 3.8) is 0 Å². The fourth-order valence-electron chi connectivity index (χ4n) is 3.33. The Morgan fingerprint density at radius 3 is 2.45 bits per heavy atom. The summed E-state index contributed by atoms with van der Waals surface area (Å²) >= 11 is 0. The minimum Gasteiger partial charge on any atom is -0.346 e. The second-order valence-corrected chi connectivity index (χ2v) is 8.01. The number of nitrogens with zero attached hydrogens (tertiary/aromatic N) is 2. The van der Waals surface area contributed by atoms with Crippen LogP contribution in [0.4, 0.5) is 0 Å². The Balaban J connectivity index is 2.35. The van der Waals surface area contributed by atoms with Crippen molar-refractivity contribution >= 4 is 11.6 Å². The van der Waals surface area contributed by atoms with Gasteiger partial charge in [0.15, 0.2) is 0 Å². The highest BCUT2D eigenvalue weighted by molar-refractivity contribution is 5.95. The highest BCUT2D eigenvalue weighted by Crippen LogP contribution is 2.27. The van der Waals surface area contributed by atoms with Crippen LogP contribution in [0.2, 0.25) is 0 Å². The van der Waals surface area contributed by atoms with Gasteiger partial charge >= 0.3 is 0 Å². The minimum absolute atomic E-state index is 0.0650. The Bertz CT molecular complexity index is 705. The lowest BCUT2D eigenvalue weighted by molar-refractivity contribution is 0.0884. The summed E-state index contributed by atoms with van der Waals surface area (Å²) in [5, 5.41) is 3.17. The molecule has 0 saturated carbocycles. The van der Waals surface area contributed by atoms with Gasteiger partial charge in [0.05, 0.1) is 5.69 Å². The van der Waals surface area contributed by atoms with Crippen LogP contribution in [0.25, 0.3) is 5.65 Å². The summed E-state index contributed by atoms with van der Waals surface area (Å²) in [6.45, 7) is 14.6. The van der Waals surface area contributed by atoms with Crippen LogP contribution in [0.3, 0.4) is 0 Å². The van der Waals surface area contributed by atoms with E-state index in [2.05, 4.69) is 44.9 Å². The molecular formula is C18H27N3O. The molecule has 22 heavy (non-hydrogen) atoms. The molecule has 0 unspecified atom stereocenters. The fourth-order valence-corrected chi connectivity index (χ4v) is 3.33. The van der Waals surface area contributed by atoms with Gasteiger partial charge in [-0.3, -0.25) is 9.20 Å². The predicted molar refractivity (Wildman–Crippen MR) is 90.3 cm³/mol. The number of carbonyl (C=O) groups excluding carboxylic acids is 1. The Hall–Kier alpha value is -1.84. The lowest BCUT2D eigenvalue weighted by atomic mass is 9.82. The quantitative estimate of drug-likeness (QED) is 0.934. The molecule has 0 aliphatic heterocycles. The number of imidazole rings is 1. The Morgan fingerprint density at radius 2 is 1.86 bits per heavy atom. The van der Waals surface area contributed by atoms with Crippen LogP contribution in [0.15, 0.2) is 18.3 Å². The molecule has 0 saturated heterocycles. The zero-order valence-electron chi connectivity index (χ0n) is 14.7. The van der Waals surface area contributed by atoms with Gasteiger partial charge in [0.1, 0.15) is 11.3 Å². The molecule has 0 aromatic carbocycles. The molecule has 120 valence electrons. The third-order valence-electron chi connectivity index (χ3n) is 3.66. The van der Waals surface area contributed by atoms with E-state index in [1.165, 1.54) is 0 Å². The number of nitrogens with one attached hydrogen (secondary N) is 1. The standard InChI is InChI=1S/C18H27N3O/c1-12-9-8-10-21-14(13(2)19-15(12)21)16(22)20-18(6,7)11-17(3,4)5/h8-10H,11H2,1-7H3,(H,20,22). The molecule has 0 aliphatic rings. The molecule has 0 bridgehead atoms. The second-order valence-electron chi connectivity index (χ2n) is 8.01. The molecule has 2 aromatic heterocycles. The maximum atomic E-state index is 12.8. The summed E-state index contributed by atoms with van der Waals surface area (Å²) in [5.74, 6) is -0.0650. The molecule has 2 heterocycles. The van der Waals surface area contributed by atoms with Gasteiger partial charge in [-0.1, -0.05) is 26.8 Å². The molecule has 0 aliphatic carbocycles. The van der Waals surface area contributed by atoms with Crippen molar-refractivity contribution in [3.05, 3.63) is 35.3 Å². The summed E-state index contributed by atoms with van der Waals surface area (Å²) in [7, 11) is 0. The average Bonchev–Trinajstić information content (AvgIpc) is 2.62. The van der Waals surface area contributed by atoms with E-state index in [1.807, 2.05) is 36.6 Å². The number of hydrogen-bond donors (Lipinski definition) is 1. The van der Waals surface area contributed by atoms with E-state index in [0.29, 0.717) is 5.69 Å². The highest BCUT2D eigenvalue weighted by atomic mass is 16.2. The normalized spacial score (nSPS) is 12.7. The first-order chi connectivity index (χ1) is 10.0. The van der Waals surface area contributed by atoms with E-state index < -0.39 is 0 Å². The molecule has 0 radical (unpaired) electrons. The molecule has 2 rings (SSSR count). The SMILES string of the molecule is Cc1nc2c(C)cccn2c1C(=O)NC(C)(C)CC(C)(C)C. The van der Waals surface area contributed by atoms with Crippen molar-refractivity contribution in [1.29, 1.82) is 0 Å². The maximum absolute atomic E-state index is 12.8. The van der Waals surface area contributed by atoms with Crippen molar-refractivity contribution in [1.82, 2.24) is 14.7 Å². The lowest BCUT2D eigenvalue weighted by Crippen LogP contribution is -2.46. The number of aryl methyl sites for hydroxylation is 2. The summed E-state index contributed by atoms with van der Waals surface area (Å²) in [6.07, 6.45) is 2.80. The highest BCUT2D eigenvalue weighted by Gasteiger charge is 2.29. The van der Waals surface area contributed by atoms with Gasteiger partial charge in [-0.25, -0.2) is 4.98 Å². The van der Waals surface area contributed by atoms with Crippen LogP contribution in [-0.2, 0) is 0 Å². The number of carbonyl (C=O) groups is 1. The van der Waals surface area contributed by atoms with Crippen LogP contribution in [-0.4, -0.2) is 20.8 Å². The van der Waals surface area contributed by atoms with E-state index >= 15 is 0 Å². The summed E-state index contributed by atoms with van der Waals surface area (Å²) in [6, 6.07) is 3.95. The first-order valence-electron chi connectivity index (χ1n) is 7.77. The van der Waals surface area contributed by atoms with Gasteiger partial charge in [0.2, 0.25) is 0 Å². The molecule has 4 nitrogen and oxygen atoms in total. The van der Waals surface area contributed by atoms with Gasteiger partial charge in [0.25, 0.3) is 5.91 Å². The number of amides is 1. The molecule has 0 fully saturated rings. The Morgan fingerprint density at radius 1 is 1.23 bits per heavy atom. The molecular weight excluding hydrogens is 274 g/mol. The van der Waals surface area contributed by atoms with Crippen molar-refractivity contribution in [2.75, 3.05) is 0 Å². The van der Waals surface area contributed by atoms with Gasteiger partial charge in [-0.05, 0) is 51.2 Å². The van der Waals surface area contributed by atoms with Crippen LogP contribution in [0, 0.1) is 19.3 Å².